The SMILES string of the molecule is Cc1nc(-c2ccc(CCC(C)C)c(N)c2)sc1C(=O)O. The monoisotopic (exact) mass is 304 g/mol. The highest BCUT2D eigenvalue weighted by Gasteiger charge is 2.15. The number of aryl methyl sites for hydroxylation is 2. The maximum atomic E-state index is 11.1. The number of carbonyl (C=O) groups is 1. The Morgan fingerprint density at radius 1 is 1.43 bits per heavy atom. The number of hydrogen-bond donors (Lipinski definition) is 2. The van der Waals surface area contributed by atoms with Crippen LogP contribution in [0.3, 0.4) is 0 Å². The second kappa shape index (κ2) is 6.26. The van der Waals surface area contributed by atoms with Crippen molar-refractivity contribution in [3.63, 3.8) is 0 Å². The first kappa shape index (κ1) is 15.5. The van der Waals surface area contributed by atoms with Gasteiger partial charge in [0.05, 0.1) is 5.69 Å². The molecule has 3 N–H and O–H groups in total. The van der Waals surface area contributed by atoms with Crippen molar-refractivity contribution in [2.75, 3.05) is 5.73 Å². The molecule has 4 nitrogen and oxygen atoms in total. The molecule has 0 bridgehead atoms. The number of nitrogens with zero attached hydrogens (tertiary/aromatic N) is 1. The number of carboxylic acids is 1. The number of hydrogen-bond acceptors (Lipinski definition) is 4. The predicted molar refractivity (Wildman–Crippen MR) is 86.8 cm³/mol. The van der Waals surface area contributed by atoms with Crippen molar-refractivity contribution in [2.24, 2.45) is 5.92 Å². The second-order valence-corrected chi connectivity index (χ2v) is 6.58. The maximum Gasteiger partial charge on any atom is 0.347 e. The Bertz CT molecular complexity index is 662. The van der Waals surface area contributed by atoms with Crippen molar-refractivity contribution >= 4 is 23.0 Å². The average molecular weight is 304 g/mol. The first-order valence-electron chi connectivity index (χ1n) is 6.98. The van der Waals surface area contributed by atoms with Crippen molar-refractivity contribution in [1.82, 2.24) is 4.98 Å². The van der Waals surface area contributed by atoms with Gasteiger partial charge in [-0.25, -0.2) is 9.78 Å². The van der Waals surface area contributed by atoms with Crippen LogP contribution < -0.4 is 5.73 Å². The van der Waals surface area contributed by atoms with Crippen molar-refractivity contribution in [3.05, 3.63) is 34.3 Å². The van der Waals surface area contributed by atoms with Crippen molar-refractivity contribution in [2.45, 2.75) is 33.6 Å². The quantitative estimate of drug-likeness (QED) is 0.819. The molecule has 0 unspecified atom stereocenters. The van der Waals surface area contributed by atoms with E-state index in [-0.39, 0.29) is 4.88 Å². The summed E-state index contributed by atoms with van der Waals surface area (Å²) in [4.78, 5) is 15.7. The fraction of sp³-hybridized carbons (Fsp3) is 0.375. The summed E-state index contributed by atoms with van der Waals surface area (Å²) in [5.41, 5.74) is 9.42. The lowest BCUT2D eigenvalue weighted by Crippen LogP contribution is -1.98. The van der Waals surface area contributed by atoms with Crippen LogP contribution >= 0.6 is 11.3 Å². The molecule has 2 rings (SSSR count). The van der Waals surface area contributed by atoms with Gasteiger partial charge >= 0.3 is 5.97 Å². The van der Waals surface area contributed by atoms with Crippen LogP contribution in [0, 0.1) is 12.8 Å². The molecule has 0 saturated heterocycles. The first-order valence-corrected chi connectivity index (χ1v) is 7.79. The molecule has 0 aliphatic carbocycles. The first-order chi connectivity index (χ1) is 9.88. The van der Waals surface area contributed by atoms with E-state index in [1.54, 1.807) is 6.92 Å². The molecule has 1 aromatic heterocycles. The van der Waals surface area contributed by atoms with E-state index in [0.29, 0.717) is 16.6 Å². The molecule has 0 fully saturated rings. The Kier molecular flexibility index (Phi) is 4.63. The number of nitrogen functional groups attached to an aromatic ring is 1. The van der Waals surface area contributed by atoms with E-state index >= 15 is 0 Å². The highest BCUT2D eigenvalue weighted by atomic mass is 32.1. The molecule has 112 valence electrons. The van der Waals surface area contributed by atoms with Crippen LogP contribution in [0.4, 0.5) is 5.69 Å². The van der Waals surface area contributed by atoms with Crippen LogP contribution in [0.1, 0.15) is 41.2 Å². The van der Waals surface area contributed by atoms with Crippen molar-refractivity contribution in [3.8, 4) is 10.6 Å². The van der Waals surface area contributed by atoms with Crippen LogP contribution in [0.2, 0.25) is 0 Å². The van der Waals surface area contributed by atoms with E-state index in [0.717, 1.165) is 29.7 Å². The molecule has 0 atom stereocenters. The molecular formula is C16H20N2O2S. The highest BCUT2D eigenvalue weighted by Crippen LogP contribution is 2.30. The van der Waals surface area contributed by atoms with Crippen LogP contribution in [0.15, 0.2) is 18.2 Å². The third-order valence-electron chi connectivity index (χ3n) is 3.37. The summed E-state index contributed by atoms with van der Waals surface area (Å²) in [5, 5.41) is 9.79. The Morgan fingerprint density at radius 3 is 2.67 bits per heavy atom. The van der Waals surface area contributed by atoms with Crippen LogP contribution in [-0.4, -0.2) is 16.1 Å². The van der Waals surface area contributed by atoms with E-state index in [2.05, 4.69) is 18.8 Å². The van der Waals surface area contributed by atoms with E-state index in [1.165, 1.54) is 11.3 Å². The minimum atomic E-state index is -0.933. The van der Waals surface area contributed by atoms with Gasteiger partial charge in [0.15, 0.2) is 0 Å². The molecule has 0 aliphatic heterocycles. The van der Waals surface area contributed by atoms with Crippen LogP contribution in [0.5, 0.6) is 0 Å². The molecule has 0 amide bonds. The second-order valence-electron chi connectivity index (χ2n) is 5.58. The summed E-state index contributed by atoms with van der Waals surface area (Å²) >= 11 is 1.19. The summed E-state index contributed by atoms with van der Waals surface area (Å²) in [5.74, 6) is -0.290. The van der Waals surface area contributed by atoms with E-state index < -0.39 is 5.97 Å². The zero-order chi connectivity index (χ0) is 15.6. The van der Waals surface area contributed by atoms with Gasteiger partial charge in [0.2, 0.25) is 0 Å². The van der Waals surface area contributed by atoms with Gasteiger partial charge in [-0.15, -0.1) is 11.3 Å². The molecule has 2 aromatic rings. The van der Waals surface area contributed by atoms with Crippen molar-refractivity contribution < 1.29 is 9.90 Å². The number of nitrogens with two attached hydrogens (primary N) is 1. The molecule has 1 heterocycles. The number of rotatable bonds is 5. The van der Waals surface area contributed by atoms with Gasteiger partial charge in [0, 0.05) is 11.3 Å². The van der Waals surface area contributed by atoms with Crippen LogP contribution in [-0.2, 0) is 6.42 Å². The molecule has 0 saturated carbocycles. The van der Waals surface area contributed by atoms with Gasteiger partial charge in [-0.05, 0) is 37.3 Å². The predicted octanol–water partition coefficient (Wildman–Crippen LogP) is 3.99. The zero-order valence-electron chi connectivity index (χ0n) is 12.5. The third kappa shape index (κ3) is 3.61. The summed E-state index contributed by atoms with van der Waals surface area (Å²) in [6, 6.07) is 5.87. The van der Waals surface area contributed by atoms with Crippen LogP contribution in [0.25, 0.3) is 10.6 Å². The zero-order valence-corrected chi connectivity index (χ0v) is 13.3. The number of anilines is 1. The molecule has 1 aromatic carbocycles. The Hall–Kier alpha value is -1.88. The normalized spacial score (nSPS) is 11.0. The molecule has 0 spiro atoms. The fourth-order valence-electron chi connectivity index (χ4n) is 2.12. The largest absolute Gasteiger partial charge is 0.477 e. The van der Waals surface area contributed by atoms with Gasteiger partial charge in [0.25, 0.3) is 0 Å². The fourth-order valence-corrected chi connectivity index (χ4v) is 3.02. The maximum absolute atomic E-state index is 11.1. The summed E-state index contributed by atoms with van der Waals surface area (Å²) in [6.45, 7) is 6.09. The Morgan fingerprint density at radius 2 is 2.14 bits per heavy atom. The average Bonchev–Trinajstić information content (AvgIpc) is 2.79. The minimum Gasteiger partial charge on any atom is -0.477 e. The Balaban J connectivity index is 2.27. The summed E-state index contributed by atoms with van der Waals surface area (Å²) < 4.78 is 0. The van der Waals surface area contributed by atoms with Crippen molar-refractivity contribution in [1.29, 1.82) is 0 Å². The minimum absolute atomic E-state index is 0.285. The number of aromatic nitrogens is 1. The smallest absolute Gasteiger partial charge is 0.347 e. The van der Waals surface area contributed by atoms with Gasteiger partial charge in [-0.2, -0.15) is 0 Å². The molecule has 5 heteroatoms. The lowest BCUT2D eigenvalue weighted by molar-refractivity contribution is 0.0701. The van der Waals surface area contributed by atoms with E-state index in [9.17, 15) is 4.79 Å². The number of benzene rings is 1. The number of carboxylic acid groups (broad SMARTS) is 1. The van der Waals surface area contributed by atoms with E-state index in [4.69, 9.17) is 10.8 Å². The lowest BCUT2D eigenvalue weighted by Gasteiger charge is -2.09. The molecule has 0 aliphatic rings. The number of aromatic carboxylic acids is 1. The molecule has 0 radical (unpaired) electrons. The third-order valence-corrected chi connectivity index (χ3v) is 4.57. The van der Waals surface area contributed by atoms with Gasteiger partial charge in [0.1, 0.15) is 9.88 Å². The van der Waals surface area contributed by atoms with E-state index in [1.807, 2.05) is 18.2 Å². The van der Waals surface area contributed by atoms with Gasteiger partial charge < -0.3 is 10.8 Å². The highest BCUT2D eigenvalue weighted by molar-refractivity contribution is 7.17. The molecule has 21 heavy (non-hydrogen) atoms. The molecular weight excluding hydrogens is 284 g/mol. The summed E-state index contributed by atoms with van der Waals surface area (Å²) in [7, 11) is 0. The topological polar surface area (TPSA) is 76.2 Å². The van der Waals surface area contributed by atoms with Gasteiger partial charge in [-0.3, -0.25) is 0 Å². The standard InChI is InChI=1S/C16H20N2O2S/c1-9(2)4-5-11-6-7-12(8-13(11)17)15-18-10(3)14(21-15)16(19)20/h6-9H,4-5,17H2,1-3H3,(H,19,20). The lowest BCUT2D eigenvalue weighted by atomic mass is 10.0. The Labute approximate surface area is 128 Å². The number of thiazole rings is 1. The summed E-state index contributed by atoms with van der Waals surface area (Å²) in [6.07, 6.45) is 2.06. The van der Waals surface area contributed by atoms with Gasteiger partial charge in [-0.1, -0.05) is 26.0 Å².